The third-order valence-electron chi connectivity index (χ3n) is 1.28. The van der Waals surface area contributed by atoms with Crippen molar-refractivity contribution in [2.24, 2.45) is 0 Å². The van der Waals surface area contributed by atoms with E-state index in [9.17, 15) is 74.7 Å². The van der Waals surface area contributed by atoms with E-state index in [0.29, 0.717) is 0 Å². The van der Waals surface area contributed by atoms with Crippen molar-refractivity contribution in [3.8, 4) is 0 Å². The minimum absolute atomic E-state index is 0. The maximum absolute atomic E-state index is 9.60. The predicted molar refractivity (Wildman–Crippen MR) is 59.5 cm³/mol. The predicted octanol–water partition coefficient (Wildman–Crippen LogP) is -28.7. The summed E-state index contributed by atoms with van der Waals surface area (Å²) in [6, 6.07) is 0. The number of carboxylic acid groups (broad SMARTS) is 6. The minimum atomic E-state index is -2.77. The molecule has 211 valence electrons. The number of rotatable bonds is 6. The number of carboxylic acids is 6. The van der Waals surface area contributed by atoms with E-state index < -0.39 is 54.1 Å². The molecule has 0 aliphatic rings. The summed E-state index contributed by atoms with van der Waals surface area (Å²) in [5.41, 5.74) is 0. The molecule has 0 unspecified atom stereocenters. The van der Waals surface area contributed by atoms with Gasteiger partial charge < -0.3 is 107 Å². The van der Waals surface area contributed by atoms with Crippen molar-refractivity contribution < 1.29 is 333 Å². The Morgan fingerprint density at radius 3 is 0.444 bits per heavy atom. The molecule has 0 amide bonds. The Labute approximate surface area is 378 Å². The second-order valence-corrected chi connectivity index (χ2v) is 3.05. The number of hydrogen-bond donors (Lipinski definition) is 0. The van der Waals surface area contributed by atoms with Crippen LogP contribution >= 0.6 is 0 Å². The van der Waals surface area contributed by atoms with Gasteiger partial charge in [-0.15, -0.1) is 0 Å². The first-order valence-corrected chi connectivity index (χ1v) is 5.09. The zero-order valence-corrected chi connectivity index (χ0v) is 35.2. The van der Waals surface area contributed by atoms with Crippen LogP contribution < -0.4 is 226 Å². The average molecular weight is 904 g/mol. The molecule has 0 rings (SSSR count). The molecule has 0 aliphatic heterocycles. The van der Waals surface area contributed by atoms with Gasteiger partial charge in [-0.2, -0.15) is 0 Å². The third-order valence-corrected chi connectivity index (χ3v) is 1.28. The van der Waals surface area contributed by atoms with E-state index in [4.69, 9.17) is 5.26 Å². The summed E-state index contributed by atoms with van der Waals surface area (Å²) < 4.78 is 0. The maximum atomic E-state index is 9.60. The Balaban J connectivity index is -0.0000000143. The van der Waals surface area contributed by atoms with Gasteiger partial charge in [-0.1, -0.05) is 0 Å². The first-order valence-electron chi connectivity index (χ1n) is 5.09. The van der Waals surface area contributed by atoms with Crippen LogP contribution in [0.4, 0.5) is 0 Å². The van der Waals surface area contributed by atoms with Crippen molar-refractivity contribution in [1.82, 2.24) is 0 Å². The van der Waals surface area contributed by atoms with E-state index in [2.05, 4.69) is 5.26 Å². The quantitative estimate of drug-likeness (QED) is 0.0785. The van der Waals surface area contributed by atoms with Crippen molar-refractivity contribution in [2.75, 3.05) is 0 Å². The first kappa shape index (κ1) is 90.0. The van der Waals surface area contributed by atoms with Crippen molar-refractivity contribution >= 4 is 35.8 Å². The number of aliphatic carboxylic acids is 6. The summed E-state index contributed by atoms with van der Waals surface area (Å²) in [6.07, 6.45) is -8.31. The van der Waals surface area contributed by atoms with Crippen LogP contribution in [-0.4, -0.2) is 81.3 Å². The van der Waals surface area contributed by atoms with E-state index in [0.717, 1.165) is 0 Å². The Morgan fingerprint density at radius 1 is 0.389 bits per heavy atom. The molecule has 36 heavy (non-hydrogen) atoms. The fourth-order valence-electron chi connectivity index (χ4n) is 0.289. The molecule has 0 aromatic rings. The molecular weight excluding hydrogens is 891 g/mol. The van der Waals surface area contributed by atoms with Gasteiger partial charge in [0.2, 0.25) is 0 Å². The number of carbonyl (C=O) groups is 6. The Hall–Kier alpha value is 3.43. The molecule has 0 saturated carbocycles. The first-order chi connectivity index (χ1) is 11.7. The van der Waals surface area contributed by atoms with Gasteiger partial charge >= 0.3 is 226 Å². The van der Waals surface area contributed by atoms with Gasteiger partial charge in [0.1, 0.15) is 0 Å². The fourth-order valence-corrected chi connectivity index (χ4v) is 0.289. The van der Waals surface area contributed by atoms with Crippen LogP contribution in [0.3, 0.4) is 0 Å². The molecule has 0 saturated heterocycles. The zero-order valence-electron chi connectivity index (χ0n) is 17.7. The van der Waals surface area contributed by atoms with Crippen molar-refractivity contribution in [3.63, 3.8) is 0 Å². The van der Waals surface area contributed by atoms with Gasteiger partial charge in [0.15, 0.2) is 0 Å². The second-order valence-electron chi connectivity index (χ2n) is 3.05. The second kappa shape index (κ2) is 58.1. The SMILES string of the molecule is O.O.O.O.O=C([O-])C([O-])C(=O)[O-].O=C([O-])C([O-])C(=O)[O-].O=C([O-])C([O-])C(=O)[O-].[Cu+2].[Cu+2].[Cu+2].[O-][OH2+].[Rb+].[Rb+].[Rb+]. The molecule has 0 bridgehead atoms. The van der Waals surface area contributed by atoms with Gasteiger partial charge in [0.05, 0.1) is 0 Å². The molecule has 3 radical (unpaired) electrons. The fraction of sp³-hybridized carbons (Fsp3) is 0.333. The van der Waals surface area contributed by atoms with E-state index in [1.807, 2.05) is 0 Å². The van der Waals surface area contributed by atoms with E-state index in [1.165, 1.54) is 0 Å². The maximum Gasteiger partial charge on any atom is 2.00 e. The van der Waals surface area contributed by atoms with Gasteiger partial charge in [0, 0.05) is 35.8 Å². The van der Waals surface area contributed by atoms with Crippen molar-refractivity contribution in [3.05, 3.63) is 0 Å². The molecule has 0 fully saturated rings. The molecule has 0 aliphatic carbocycles. The van der Waals surface area contributed by atoms with Gasteiger partial charge in [-0.05, 0) is 18.3 Å². The van der Waals surface area contributed by atoms with Crippen LogP contribution in [0.15, 0.2) is 0 Å². The Bertz CT molecular complexity index is 413. The molecule has 0 atom stereocenters. The summed E-state index contributed by atoms with van der Waals surface area (Å²) >= 11 is 0. The van der Waals surface area contributed by atoms with Crippen molar-refractivity contribution in [1.29, 1.82) is 0 Å². The van der Waals surface area contributed by atoms with Gasteiger partial charge in [-0.3, -0.25) is 0 Å². The summed E-state index contributed by atoms with van der Waals surface area (Å²) in [5.74, 6) is -13.1. The topological polar surface area (TPSA) is 482 Å². The molecule has 0 aromatic carbocycles. The van der Waals surface area contributed by atoms with E-state index in [1.54, 1.807) is 0 Å². The van der Waals surface area contributed by atoms with Crippen LogP contribution in [-0.2, 0) is 80.0 Å². The smallest absolute Gasteiger partial charge is 0.843 e. The molecule has 10 N–H and O–H groups in total. The summed E-state index contributed by atoms with van der Waals surface area (Å²) in [7, 11) is 0. The summed E-state index contributed by atoms with van der Waals surface area (Å²) in [6.45, 7) is 0. The van der Waals surface area contributed by atoms with Crippen LogP contribution in [0.25, 0.3) is 0 Å². The summed E-state index contributed by atoms with van der Waals surface area (Å²) in [4.78, 5) is 55.8. The molecule has 0 spiro atoms. The zero-order chi connectivity index (χ0) is 22.2. The molecule has 0 heterocycles. The minimum Gasteiger partial charge on any atom is -0.843 e. The van der Waals surface area contributed by atoms with Crippen LogP contribution in [0.2, 0.25) is 0 Å². The van der Waals surface area contributed by atoms with E-state index in [-0.39, 0.29) is 248 Å². The normalized spacial score (nSPS) is 6.33. The molecule has 27 heteroatoms. The van der Waals surface area contributed by atoms with Crippen LogP contribution in [0, 0.1) is 0 Å². The molecular formula is C9H13Cu3O21Rb3. The van der Waals surface area contributed by atoms with Crippen molar-refractivity contribution in [2.45, 2.75) is 18.3 Å². The molecule has 0 aromatic heterocycles. The van der Waals surface area contributed by atoms with Crippen LogP contribution in [0.5, 0.6) is 0 Å². The Kier molecular flexibility index (Phi) is 145. The largest absolute Gasteiger partial charge is 2.00 e. The van der Waals surface area contributed by atoms with Gasteiger partial charge in [-0.25, -0.2) is 0 Å². The molecule has 21 nitrogen and oxygen atoms in total. The average Bonchev–Trinajstić information content (AvgIpc) is 2.54. The van der Waals surface area contributed by atoms with E-state index >= 15 is 0 Å². The standard InChI is InChI=1S/3C3H3O5.3Cu.H2O2.4H2O.3Rb/c3*4-1(2(5)6)3(7)8;;;;1-2;;;;;;;/h3*1H,(H,5,6)(H,7,8);;;;1H2;4*1H2;;;/q3*-1;3*+2;;;;;;3*+1/p-6. The number of carbonyl (C=O) groups excluding carboxylic acids is 6. The monoisotopic (exact) mass is 901 g/mol. The third kappa shape index (κ3) is 66.0. The Morgan fingerprint density at radius 2 is 0.444 bits per heavy atom. The van der Waals surface area contributed by atoms with Crippen LogP contribution in [0.1, 0.15) is 0 Å². The van der Waals surface area contributed by atoms with Gasteiger partial charge in [0.25, 0.3) is 0 Å². The number of hydrogen-bond acceptors (Lipinski definition) is 16. The summed E-state index contributed by atoms with van der Waals surface area (Å²) in [5, 5.41) is 96.6.